The molecule has 0 spiro atoms. The van der Waals surface area contributed by atoms with Crippen molar-refractivity contribution in [2.24, 2.45) is 0 Å². The van der Waals surface area contributed by atoms with Crippen LogP contribution in [0, 0.1) is 0 Å². The van der Waals surface area contributed by atoms with E-state index in [9.17, 15) is 9.59 Å². The number of pyridine rings is 1. The second kappa shape index (κ2) is 6.77. The van der Waals surface area contributed by atoms with E-state index in [-0.39, 0.29) is 12.2 Å². The average Bonchev–Trinajstić information content (AvgIpc) is 2.89. The summed E-state index contributed by atoms with van der Waals surface area (Å²) in [5.41, 5.74) is 0.394. The number of carbonyl (C=O) groups excluding carboxylic acids is 2. The lowest BCUT2D eigenvalue weighted by atomic mass is 10.2. The van der Waals surface area contributed by atoms with Crippen LogP contribution in [0.3, 0.4) is 0 Å². The molecular formula is C16H21N3O5. The van der Waals surface area contributed by atoms with Gasteiger partial charge in [0.25, 0.3) is 0 Å². The number of hydrogen-bond acceptors (Lipinski definition) is 6. The van der Waals surface area contributed by atoms with E-state index >= 15 is 0 Å². The zero-order valence-electron chi connectivity index (χ0n) is 14.4. The van der Waals surface area contributed by atoms with Crippen LogP contribution in [0.1, 0.15) is 38.1 Å². The van der Waals surface area contributed by atoms with Gasteiger partial charge in [-0.1, -0.05) is 0 Å². The van der Waals surface area contributed by atoms with Gasteiger partial charge in [-0.05, 0) is 33.8 Å². The molecule has 0 aliphatic rings. The topological polar surface area (TPSA) is 91.2 Å². The zero-order chi connectivity index (χ0) is 17.9. The van der Waals surface area contributed by atoms with Gasteiger partial charge in [-0.3, -0.25) is 5.32 Å². The van der Waals surface area contributed by atoms with Crippen LogP contribution < -0.4 is 10.1 Å². The maximum Gasteiger partial charge on any atom is 0.412 e. The van der Waals surface area contributed by atoms with Crippen molar-refractivity contribution in [3.05, 3.63) is 24.0 Å². The highest BCUT2D eigenvalue weighted by Crippen LogP contribution is 2.32. The zero-order valence-corrected chi connectivity index (χ0v) is 14.4. The van der Waals surface area contributed by atoms with E-state index in [1.165, 1.54) is 17.8 Å². The monoisotopic (exact) mass is 335 g/mol. The first-order valence-electron chi connectivity index (χ1n) is 7.48. The summed E-state index contributed by atoms with van der Waals surface area (Å²) in [6, 6.07) is 1.61. The van der Waals surface area contributed by atoms with Gasteiger partial charge in [-0.15, -0.1) is 0 Å². The summed E-state index contributed by atoms with van der Waals surface area (Å²) in [7, 11) is 1.44. The van der Waals surface area contributed by atoms with Crippen LogP contribution in [0.2, 0.25) is 0 Å². The van der Waals surface area contributed by atoms with Gasteiger partial charge in [-0.2, -0.15) is 5.10 Å². The Morgan fingerprint density at radius 1 is 1.33 bits per heavy atom. The molecule has 24 heavy (non-hydrogen) atoms. The first kappa shape index (κ1) is 17.6. The number of methoxy groups -OCH3 is 1. The van der Waals surface area contributed by atoms with E-state index in [1.54, 1.807) is 40.0 Å². The number of hydrogen-bond donors (Lipinski definition) is 1. The fraction of sp³-hybridized carbons (Fsp3) is 0.438. The number of carbonyl (C=O) groups is 2. The number of rotatable bonds is 4. The molecule has 0 fully saturated rings. The van der Waals surface area contributed by atoms with E-state index in [2.05, 4.69) is 10.4 Å². The standard InChI is InChI=1S/C16H21N3O5/c1-6-23-14(20)10-9-17-19-8-7-11(13(22-5)12(10)19)18-15(21)24-16(2,3)4/h7-9H,6H2,1-5H3,(H,18,21). The Kier molecular flexibility index (Phi) is 4.96. The molecule has 0 saturated heterocycles. The fourth-order valence-electron chi connectivity index (χ4n) is 2.13. The first-order chi connectivity index (χ1) is 11.3. The van der Waals surface area contributed by atoms with Crippen molar-refractivity contribution in [3.63, 3.8) is 0 Å². The number of aromatic nitrogens is 2. The van der Waals surface area contributed by atoms with Gasteiger partial charge >= 0.3 is 12.1 Å². The molecule has 2 rings (SSSR count). The van der Waals surface area contributed by atoms with Crippen molar-refractivity contribution in [1.29, 1.82) is 0 Å². The highest BCUT2D eigenvalue weighted by atomic mass is 16.6. The Labute approximate surface area is 139 Å². The summed E-state index contributed by atoms with van der Waals surface area (Å²) < 4.78 is 17.1. The molecule has 0 unspecified atom stereocenters. The quantitative estimate of drug-likeness (QED) is 0.864. The van der Waals surface area contributed by atoms with E-state index in [1.807, 2.05) is 0 Å². The van der Waals surface area contributed by atoms with Crippen LogP contribution in [0.4, 0.5) is 10.5 Å². The highest BCUT2D eigenvalue weighted by molar-refractivity contribution is 6.01. The Bertz CT molecular complexity index is 761. The predicted octanol–water partition coefficient (Wildman–Crippen LogP) is 2.87. The molecule has 0 atom stereocenters. The van der Waals surface area contributed by atoms with Crippen LogP contribution in [0.15, 0.2) is 18.5 Å². The minimum atomic E-state index is -0.631. The molecule has 0 saturated carbocycles. The largest absolute Gasteiger partial charge is 0.492 e. The smallest absolute Gasteiger partial charge is 0.412 e. The number of nitrogens with one attached hydrogen (secondary N) is 1. The summed E-state index contributed by atoms with van der Waals surface area (Å²) in [6.07, 6.45) is 2.38. The maximum absolute atomic E-state index is 12.1. The molecule has 1 amide bonds. The van der Waals surface area contributed by atoms with Crippen molar-refractivity contribution in [2.75, 3.05) is 19.0 Å². The third kappa shape index (κ3) is 3.76. The Hall–Kier alpha value is -2.77. The van der Waals surface area contributed by atoms with Crippen LogP contribution in [0.5, 0.6) is 5.75 Å². The first-order valence-corrected chi connectivity index (χ1v) is 7.48. The molecular weight excluding hydrogens is 314 g/mol. The summed E-state index contributed by atoms with van der Waals surface area (Å²) in [4.78, 5) is 24.1. The minimum Gasteiger partial charge on any atom is -0.492 e. The number of nitrogens with zero attached hydrogens (tertiary/aromatic N) is 2. The number of ether oxygens (including phenoxy) is 3. The Balaban J connectivity index is 2.43. The van der Waals surface area contributed by atoms with Gasteiger partial charge in [0, 0.05) is 6.20 Å². The van der Waals surface area contributed by atoms with Crippen LogP contribution in [-0.4, -0.2) is 41.0 Å². The van der Waals surface area contributed by atoms with Crippen molar-refractivity contribution in [3.8, 4) is 5.75 Å². The maximum atomic E-state index is 12.1. The third-order valence-corrected chi connectivity index (χ3v) is 2.97. The fourth-order valence-corrected chi connectivity index (χ4v) is 2.13. The van der Waals surface area contributed by atoms with Crippen molar-refractivity contribution >= 4 is 23.3 Å². The van der Waals surface area contributed by atoms with Gasteiger partial charge in [0.1, 0.15) is 16.7 Å². The average molecular weight is 335 g/mol. The SMILES string of the molecule is CCOC(=O)c1cnn2ccc(NC(=O)OC(C)(C)C)c(OC)c12. The highest BCUT2D eigenvalue weighted by Gasteiger charge is 2.22. The molecule has 130 valence electrons. The van der Waals surface area contributed by atoms with Crippen molar-refractivity contribution in [2.45, 2.75) is 33.3 Å². The lowest BCUT2D eigenvalue weighted by Gasteiger charge is -2.20. The number of anilines is 1. The van der Waals surface area contributed by atoms with E-state index in [4.69, 9.17) is 14.2 Å². The molecule has 0 radical (unpaired) electrons. The van der Waals surface area contributed by atoms with Gasteiger partial charge in [0.15, 0.2) is 5.75 Å². The second-order valence-electron chi connectivity index (χ2n) is 5.96. The summed E-state index contributed by atoms with van der Waals surface area (Å²) in [5.74, 6) is -0.218. The molecule has 2 aromatic heterocycles. The lowest BCUT2D eigenvalue weighted by molar-refractivity contribution is 0.0527. The van der Waals surface area contributed by atoms with Gasteiger partial charge < -0.3 is 14.2 Å². The van der Waals surface area contributed by atoms with Crippen molar-refractivity contribution in [1.82, 2.24) is 9.61 Å². The van der Waals surface area contributed by atoms with Crippen LogP contribution in [-0.2, 0) is 9.47 Å². The van der Waals surface area contributed by atoms with Crippen LogP contribution >= 0.6 is 0 Å². The third-order valence-electron chi connectivity index (χ3n) is 2.97. The number of esters is 1. The number of fused-ring (bicyclic) bond motifs is 1. The van der Waals surface area contributed by atoms with Gasteiger partial charge in [0.05, 0.1) is 25.6 Å². The molecule has 8 nitrogen and oxygen atoms in total. The van der Waals surface area contributed by atoms with E-state index in [0.29, 0.717) is 17.0 Å². The van der Waals surface area contributed by atoms with Crippen molar-refractivity contribution < 1.29 is 23.8 Å². The van der Waals surface area contributed by atoms with E-state index < -0.39 is 17.7 Å². The second-order valence-corrected chi connectivity index (χ2v) is 5.96. The van der Waals surface area contributed by atoms with Crippen LogP contribution in [0.25, 0.3) is 5.52 Å². The van der Waals surface area contributed by atoms with Gasteiger partial charge in [-0.25, -0.2) is 14.1 Å². The lowest BCUT2D eigenvalue weighted by Crippen LogP contribution is -2.27. The van der Waals surface area contributed by atoms with Gasteiger partial charge in [0.2, 0.25) is 0 Å². The molecule has 2 heterocycles. The molecule has 1 N–H and O–H groups in total. The normalized spacial score (nSPS) is 11.2. The molecule has 0 bridgehead atoms. The predicted molar refractivity (Wildman–Crippen MR) is 87.6 cm³/mol. The Morgan fingerprint density at radius 2 is 2.04 bits per heavy atom. The molecule has 0 aliphatic carbocycles. The molecule has 2 aromatic rings. The molecule has 0 aromatic carbocycles. The molecule has 0 aliphatic heterocycles. The van der Waals surface area contributed by atoms with E-state index in [0.717, 1.165) is 0 Å². The summed E-state index contributed by atoms with van der Waals surface area (Å²) in [5, 5.41) is 6.72. The Morgan fingerprint density at radius 3 is 2.62 bits per heavy atom. The summed E-state index contributed by atoms with van der Waals surface area (Å²) in [6.45, 7) is 7.26. The minimum absolute atomic E-state index is 0.244. The number of amides is 1. The summed E-state index contributed by atoms with van der Waals surface area (Å²) >= 11 is 0. The molecule has 8 heteroatoms.